The van der Waals surface area contributed by atoms with Crippen LogP contribution in [0.5, 0.6) is 0 Å². The molecule has 0 saturated heterocycles. The number of ether oxygens (including phenoxy) is 1. The molecular weight excluding hydrogens is 344 g/mol. The zero-order valence-electron chi connectivity index (χ0n) is 19.8. The fraction of sp³-hybridized carbons (Fsp3) is 0.962. The van der Waals surface area contributed by atoms with Crippen LogP contribution in [-0.4, -0.2) is 12.6 Å². The summed E-state index contributed by atoms with van der Waals surface area (Å²) >= 11 is 0. The van der Waals surface area contributed by atoms with E-state index in [2.05, 4.69) is 34.6 Å². The molecule has 1 fully saturated rings. The van der Waals surface area contributed by atoms with E-state index < -0.39 is 0 Å². The SMILES string of the molecule is CCCCC(CC)COC(=O)C1CCCC(CCCC(C)CCCC(C)C)C1. The third-order valence-corrected chi connectivity index (χ3v) is 6.91. The zero-order valence-corrected chi connectivity index (χ0v) is 19.8. The lowest BCUT2D eigenvalue weighted by atomic mass is 9.78. The molecule has 1 aliphatic carbocycles. The Morgan fingerprint density at radius 3 is 2.39 bits per heavy atom. The molecular formula is C26H50O2. The van der Waals surface area contributed by atoms with E-state index in [9.17, 15) is 4.79 Å². The van der Waals surface area contributed by atoms with Gasteiger partial charge in [-0.25, -0.2) is 0 Å². The largest absolute Gasteiger partial charge is 0.465 e. The summed E-state index contributed by atoms with van der Waals surface area (Å²) in [6.45, 7) is 12.2. The van der Waals surface area contributed by atoms with Crippen LogP contribution >= 0.6 is 0 Å². The standard InChI is InChI=1S/C26H50O2/c1-6-8-15-23(7-2)20-28-26(27)25-18-11-17-24(19-25)16-10-14-22(5)13-9-12-21(3)4/h21-25H,6-20H2,1-5H3. The lowest BCUT2D eigenvalue weighted by Gasteiger charge is -2.28. The minimum absolute atomic E-state index is 0.0988. The minimum Gasteiger partial charge on any atom is -0.465 e. The molecule has 28 heavy (non-hydrogen) atoms. The molecule has 2 nitrogen and oxygen atoms in total. The number of rotatable bonds is 15. The zero-order chi connectivity index (χ0) is 20.8. The molecule has 166 valence electrons. The van der Waals surface area contributed by atoms with Gasteiger partial charge in [-0.2, -0.15) is 0 Å². The number of carbonyl (C=O) groups is 1. The van der Waals surface area contributed by atoms with Gasteiger partial charge in [0.05, 0.1) is 12.5 Å². The van der Waals surface area contributed by atoms with Gasteiger partial charge in [0, 0.05) is 0 Å². The summed E-state index contributed by atoms with van der Waals surface area (Å²) in [6, 6.07) is 0. The molecule has 0 bridgehead atoms. The molecule has 2 heteroatoms. The molecule has 4 atom stereocenters. The lowest BCUT2D eigenvalue weighted by Crippen LogP contribution is -2.26. The topological polar surface area (TPSA) is 26.3 Å². The van der Waals surface area contributed by atoms with E-state index in [1.807, 2.05) is 0 Å². The molecule has 0 heterocycles. The van der Waals surface area contributed by atoms with E-state index in [-0.39, 0.29) is 11.9 Å². The van der Waals surface area contributed by atoms with Crippen LogP contribution in [0.25, 0.3) is 0 Å². The Morgan fingerprint density at radius 1 is 0.964 bits per heavy atom. The number of unbranched alkanes of at least 4 members (excludes halogenated alkanes) is 1. The number of hydrogen-bond acceptors (Lipinski definition) is 2. The fourth-order valence-electron chi connectivity index (χ4n) is 4.76. The van der Waals surface area contributed by atoms with Gasteiger partial charge in [0.1, 0.15) is 0 Å². The summed E-state index contributed by atoms with van der Waals surface area (Å²) in [5, 5.41) is 0. The second kappa shape index (κ2) is 15.3. The van der Waals surface area contributed by atoms with Gasteiger partial charge in [0.2, 0.25) is 0 Å². The highest BCUT2D eigenvalue weighted by Gasteiger charge is 2.28. The molecule has 0 spiro atoms. The van der Waals surface area contributed by atoms with Crippen LogP contribution < -0.4 is 0 Å². The maximum Gasteiger partial charge on any atom is 0.308 e. The molecule has 0 aliphatic heterocycles. The van der Waals surface area contributed by atoms with Crippen molar-refractivity contribution < 1.29 is 9.53 Å². The summed E-state index contributed by atoms with van der Waals surface area (Å²) in [7, 11) is 0. The summed E-state index contributed by atoms with van der Waals surface area (Å²) in [6.07, 6.45) is 17.6. The van der Waals surface area contributed by atoms with Crippen molar-refractivity contribution in [1.82, 2.24) is 0 Å². The summed E-state index contributed by atoms with van der Waals surface area (Å²) in [5.74, 6) is 3.27. The van der Waals surface area contributed by atoms with Crippen LogP contribution in [0.3, 0.4) is 0 Å². The highest BCUT2D eigenvalue weighted by atomic mass is 16.5. The second-order valence-corrected chi connectivity index (χ2v) is 10.1. The third-order valence-electron chi connectivity index (χ3n) is 6.91. The Morgan fingerprint density at radius 2 is 1.71 bits per heavy atom. The van der Waals surface area contributed by atoms with Crippen LogP contribution in [-0.2, 0) is 9.53 Å². The maximum atomic E-state index is 12.6. The monoisotopic (exact) mass is 394 g/mol. The highest BCUT2D eigenvalue weighted by molar-refractivity contribution is 5.72. The average molecular weight is 395 g/mol. The van der Waals surface area contributed by atoms with E-state index in [1.54, 1.807) is 0 Å². The minimum atomic E-state index is 0.0988. The number of hydrogen-bond donors (Lipinski definition) is 0. The molecule has 0 aromatic carbocycles. The molecule has 1 saturated carbocycles. The van der Waals surface area contributed by atoms with Crippen molar-refractivity contribution in [1.29, 1.82) is 0 Å². The first-order chi connectivity index (χ1) is 13.5. The molecule has 0 amide bonds. The number of carbonyl (C=O) groups excluding carboxylic acids is 1. The molecule has 1 rings (SSSR count). The van der Waals surface area contributed by atoms with Crippen molar-refractivity contribution in [2.24, 2.45) is 29.6 Å². The van der Waals surface area contributed by atoms with Crippen LogP contribution in [0.15, 0.2) is 0 Å². The predicted octanol–water partition coefficient (Wildman–Crippen LogP) is 8.19. The van der Waals surface area contributed by atoms with Gasteiger partial charge in [-0.15, -0.1) is 0 Å². The van der Waals surface area contributed by atoms with Gasteiger partial charge in [0.15, 0.2) is 0 Å². The third kappa shape index (κ3) is 11.5. The van der Waals surface area contributed by atoms with Crippen molar-refractivity contribution in [3.63, 3.8) is 0 Å². The van der Waals surface area contributed by atoms with Gasteiger partial charge in [0.25, 0.3) is 0 Å². The molecule has 1 aliphatic rings. The first kappa shape index (κ1) is 25.5. The van der Waals surface area contributed by atoms with Crippen LogP contribution in [0.1, 0.15) is 125 Å². The normalized spacial score (nSPS) is 22.2. The molecule has 0 aromatic heterocycles. The van der Waals surface area contributed by atoms with E-state index in [0.717, 1.165) is 37.0 Å². The van der Waals surface area contributed by atoms with E-state index >= 15 is 0 Å². The van der Waals surface area contributed by atoms with Crippen LogP contribution in [0, 0.1) is 29.6 Å². The van der Waals surface area contributed by atoms with Gasteiger partial charge in [-0.05, 0) is 42.9 Å². The van der Waals surface area contributed by atoms with Crippen molar-refractivity contribution in [2.45, 2.75) is 125 Å². The Kier molecular flexibility index (Phi) is 14.0. The van der Waals surface area contributed by atoms with Crippen molar-refractivity contribution in [2.75, 3.05) is 6.61 Å². The summed E-state index contributed by atoms with van der Waals surface area (Å²) in [5.41, 5.74) is 0. The van der Waals surface area contributed by atoms with Gasteiger partial charge in [-0.3, -0.25) is 4.79 Å². The lowest BCUT2D eigenvalue weighted by molar-refractivity contribution is -0.151. The number of esters is 1. The molecule has 0 N–H and O–H groups in total. The van der Waals surface area contributed by atoms with Crippen molar-refractivity contribution >= 4 is 5.97 Å². The maximum absolute atomic E-state index is 12.6. The van der Waals surface area contributed by atoms with Crippen molar-refractivity contribution in [3.05, 3.63) is 0 Å². The smallest absolute Gasteiger partial charge is 0.308 e. The van der Waals surface area contributed by atoms with Gasteiger partial charge in [-0.1, -0.05) is 105 Å². The quantitative estimate of drug-likeness (QED) is 0.262. The second-order valence-electron chi connectivity index (χ2n) is 10.1. The summed E-state index contributed by atoms with van der Waals surface area (Å²) in [4.78, 5) is 12.6. The van der Waals surface area contributed by atoms with Crippen molar-refractivity contribution in [3.8, 4) is 0 Å². The van der Waals surface area contributed by atoms with Gasteiger partial charge < -0.3 is 4.74 Å². The Hall–Kier alpha value is -0.530. The highest BCUT2D eigenvalue weighted by Crippen LogP contribution is 2.34. The van der Waals surface area contributed by atoms with E-state index in [4.69, 9.17) is 4.74 Å². The van der Waals surface area contributed by atoms with Crippen LogP contribution in [0.4, 0.5) is 0 Å². The van der Waals surface area contributed by atoms with Crippen LogP contribution in [0.2, 0.25) is 0 Å². The first-order valence-corrected chi connectivity index (χ1v) is 12.6. The van der Waals surface area contributed by atoms with E-state index in [0.29, 0.717) is 12.5 Å². The average Bonchev–Trinajstić information content (AvgIpc) is 2.68. The molecule has 4 unspecified atom stereocenters. The Bertz CT molecular complexity index is 390. The first-order valence-electron chi connectivity index (χ1n) is 12.6. The fourth-order valence-corrected chi connectivity index (χ4v) is 4.76. The predicted molar refractivity (Wildman–Crippen MR) is 121 cm³/mol. The molecule has 0 aromatic rings. The molecule has 0 radical (unpaired) electrons. The van der Waals surface area contributed by atoms with Gasteiger partial charge >= 0.3 is 5.97 Å². The Balaban J connectivity index is 2.23. The Labute approximate surface area is 176 Å². The summed E-state index contributed by atoms with van der Waals surface area (Å²) < 4.78 is 5.75. The van der Waals surface area contributed by atoms with E-state index in [1.165, 1.54) is 70.6 Å².